The van der Waals surface area contributed by atoms with Crippen molar-refractivity contribution in [2.45, 2.75) is 32.3 Å². The Morgan fingerprint density at radius 2 is 2.19 bits per heavy atom. The molecular formula is C12H14FNO2. The molecule has 1 aromatic rings. The van der Waals surface area contributed by atoms with Crippen LogP contribution >= 0.6 is 0 Å². The fourth-order valence-electron chi connectivity index (χ4n) is 1.65. The summed E-state index contributed by atoms with van der Waals surface area (Å²) in [6.07, 6.45) is 2.76. The lowest BCUT2D eigenvalue weighted by Gasteiger charge is -2.25. The summed E-state index contributed by atoms with van der Waals surface area (Å²) in [4.78, 5) is 11.7. The van der Waals surface area contributed by atoms with Crippen LogP contribution in [0.5, 0.6) is 0 Å². The zero-order valence-electron chi connectivity index (χ0n) is 9.13. The summed E-state index contributed by atoms with van der Waals surface area (Å²) in [7, 11) is 0. The third-order valence-corrected chi connectivity index (χ3v) is 2.82. The average Bonchev–Trinajstić information content (AvgIpc) is 2.17. The van der Waals surface area contributed by atoms with Gasteiger partial charge in [0.15, 0.2) is 0 Å². The predicted molar refractivity (Wildman–Crippen MR) is 58.6 cm³/mol. The maximum absolute atomic E-state index is 13.6. The van der Waals surface area contributed by atoms with Crippen molar-refractivity contribution < 1.29 is 13.9 Å². The number of hydrogen-bond acceptors (Lipinski definition) is 3. The Labute approximate surface area is 93.4 Å². The number of esters is 1. The van der Waals surface area contributed by atoms with Crippen LogP contribution in [0.3, 0.4) is 0 Å². The van der Waals surface area contributed by atoms with Crippen LogP contribution in [0.25, 0.3) is 0 Å². The van der Waals surface area contributed by atoms with Crippen LogP contribution in [0.2, 0.25) is 0 Å². The van der Waals surface area contributed by atoms with Crippen molar-refractivity contribution in [1.82, 2.24) is 0 Å². The van der Waals surface area contributed by atoms with Gasteiger partial charge in [-0.05, 0) is 43.9 Å². The Kier molecular flexibility index (Phi) is 2.81. The summed E-state index contributed by atoms with van der Waals surface area (Å²) in [5.74, 6) is -1.16. The second-order valence-corrected chi connectivity index (χ2v) is 4.16. The van der Waals surface area contributed by atoms with Crippen LogP contribution in [0.1, 0.15) is 35.2 Å². The quantitative estimate of drug-likeness (QED) is 0.618. The number of nitrogens with two attached hydrogens (primary N) is 1. The minimum atomic E-state index is -0.613. The molecule has 1 aliphatic rings. The summed E-state index contributed by atoms with van der Waals surface area (Å²) in [6.45, 7) is 1.58. The highest BCUT2D eigenvalue weighted by atomic mass is 19.1. The topological polar surface area (TPSA) is 52.3 Å². The molecule has 0 amide bonds. The second kappa shape index (κ2) is 4.12. The second-order valence-electron chi connectivity index (χ2n) is 4.16. The highest BCUT2D eigenvalue weighted by molar-refractivity contribution is 5.91. The normalized spacial score (nSPS) is 15.6. The lowest BCUT2D eigenvalue weighted by molar-refractivity contribution is 0.00853. The SMILES string of the molecule is Cc1cc(N)cc(C(=O)OC2CCC2)c1F. The Balaban J connectivity index is 2.21. The standard InChI is InChI=1S/C12H14FNO2/c1-7-5-8(14)6-10(11(7)13)12(15)16-9-3-2-4-9/h5-6,9H,2-4,14H2,1H3. The van der Waals surface area contributed by atoms with E-state index >= 15 is 0 Å². The molecule has 86 valence electrons. The molecule has 0 bridgehead atoms. The molecule has 2 rings (SSSR count). The Morgan fingerprint density at radius 3 is 2.75 bits per heavy atom. The van der Waals surface area contributed by atoms with Gasteiger partial charge in [-0.15, -0.1) is 0 Å². The van der Waals surface area contributed by atoms with E-state index in [1.807, 2.05) is 0 Å². The van der Waals surface area contributed by atoms with E-state index in [2.05, 4.69) is 0 Å². The molecule has 16 heavy (non-hydrogen) atoms. The van der Waals surface area contributed by atoms with Crippen molar-refractivity contribution in [2.24, 2.45) is 0 Å². The summed E-state index contributed by atoms with van der Waals surface area (Å²) >= 11 is 0. The van der Waals surface area contributed by atoms with Crippen molar-refractivity contribution in [2.75, 3.05) is 5.73 Å². The molecule has 1 aliphatic carbocycles. The number of carbonyl (C=O) groups excluding carboxylic acids is 1. The fourth-order valence-corrected chi connectivity index (χ4v) is 1.65. The van der Waals surface area contributed by atoms with E-state index in [-0.39, 0.29) is 11.7 Å². The van der Waals surface area contributed by atoms with Gasteiger partial charge in [0.1, 0.15) is 11.9 Å². The molecule has 4 heteroatoms. The van der Waals surface area contributed by atoms with Crippen LogP contribution < -0.4 is 5.73 Å². The van der Waals surface area contributed by atoms with Crippen molar-refractivity contribution in [3.8, 4) is 0 Å². The van der Waals surface area contributed by atoms with Gasteiger partial charge in [-0.2, -0.15) is 0 Å². The Morgan fingerprint density at radius 1 is 1.50 bits per heavy atom. The Bertz CT molecular complexity index is 427. The molecule has 0 aromatic heterocycles. The first-order chi connectivity index (χ1) is 7.58. The minimum absolute atomic E-state index is 0.0476. The predicted octanol–water partition coefficient (Wildman–Crippen LogP) is 2.43. The molecular weight excluding hydrogens is 209 g/mol. The van der Waals surface area contributed by atoms with Gasteiger partial charge in [0.25, 0.3) is 0 Å². The molecule has 3 nitrogen and oxygen atoms in total. The van der Waals surface area contributed by atoms with Gasteiger partial charge in [-0.1, -0.05) is 0 Å². The summed E-state index contributed by atoms with van der Waals surface area (Å²) in [5, 5.41) is 0. The van der Waals surface area contributed by atoms with E-state index in [1.165, 1.54) is 12.1 Å². The molecule has 0 saturated heterocycles. The molecule has 0 aliphatic heterocycles. The fraction of sp³-hybridized carbons (Fsp3) is 0.417. The summed E-state index contributed by atoms with van der Waals surface area (Å²) < 4.78 is 18.8. The number of carbonyl (C=O) groups is 1. The number of ether oxygens (including phenoxy) is 1. The Hall–Kier alpha value is -1.58. The van der Waals surface area contributed by atoms with Gasteiger partial charge in [0.05, 0.1) is 5.56 Å². The van der Waals surface area contributed by atoms with E-state index in [0.29, 0.717) is 11.3 Å². The third-order valence-electron chi connectivity index (χ3n) is 2.82. The van der Waals surface area contributed by atoms with Gasteiger partial charge in [-0.25, -0.2) is 9.18 Å². The summed E-state index contributed by atoms with van der Waals surface area (Å²) in [5.41, 5.74) is 6.24. The number of anilines is 1. The molecule has 1 fully saturated rings. The van der Waals surface area contributed by atoms with E-state index in [1.54, 1.807) is 6.92 Å². The lowest BCUT2D eigenvalue weighted by atomic mass is 9.96. The van der Waals surface area contributed by atoms with E-state index < -0.39 is 11.8 Å². The molecule has 0 heterocycles. The molecule has 0 radical (unpaired) electrons. The first-order valence-electron chi connectivity index (χ1n) is 5.34. The number of rotatable bonds is 2. The zero-order chi connectivity index (χ0) is 11.7. The van der Waals surface area contributed by atoms with E-state index in [9.17, 15) is 9.18 Å². The van der Waals surface area contributed by atoms with E-state index in [0.717, 1.165) is 19.3 Å². The molecule has 1 aromatic carbocycles. The van der Waals surface area contributed by atoms with Crippen molar-refractivity contribution in [1.29, 1.82) is 0 Å². The van der Waals surface area contributed by atoms with E-state index in [4.69, 9.17) is 10.5 Å². The zero-order valence-corrected chi connectivity index (χ0v) is 9.13. The highest BCUT2D eigenvalue weighted by Gasteiger charge is 2.24. The summed E-state index contributed by atoms with van der Waals surface area (Å²) in [6, 6.07) is 2.82. The van der Waals surface area contributed by atoms with Crippen LogP contribution in [-0.4, -0.2) is 12.1 Å². The first-order valence-corrected chi connectivity index (χ1v) is 5.34. The monoisotopic (exact) mass is 223 g/mol. The molecule has 2 N–H and O–H groups in total. The smallest absolute Gasteiger partial charge is 0.341 e. The molecule has 0 unspecified atom stereocenters. The maximum Gasteiger partial charge on any atom is 0.341 e. The van der Waals surface area contributed by atoms with Gasteiger partial charge < -0.3 is 10.5 Å². The number of benzene rings is 1. The minimum Gasteiger partial charge on any atom is -0.459 e. The molecule has 0 atom stereocenters. The van der Waals surface area contributed by atoms with Crippen LogP contribution in [0, 0.1) is 12.7 Å². The maximum atomic E-state index is 13.6. The number of hydrogen-bond donors (Lipinski definition) is 1. The van der Waals surface area contributed by atoms with Crippen LogP contribution in [0.15, 0.2) is 12.1 Å². The molecule has 0 spiro atoms. The van der Waals surface area contributed by atoms with Gasteiger partial charge in [0, 0.05) is 5.69 Å². The number of nitrogen functional groups attached to an aromatic ring is 1. The van der Waals surface area contributed by atoms with Gasteiger partial charge in [0.2, 0.25) is 0 Å². The van der Waals surface area contributed by atoms with Crippen LogP contribution in [-0.2, 0) is 4.74 Å². The first kappa shape index (κ1) is 10.9. The number of halogens is 1. The largest absolute Gasteiger partial charge is 0.459 e. The van der Waals surface area contributed by atoms with Crippen LogP contribution in [0.4, 0.5) is 10.1 Å². The lowest BCUT2D eigenvalue weighted by Crippen LogP contribution is -2.25. The van der Waals surface area contributed by atoms with Crippen molar-refractivity contribution >= 4 is 11.7 Å². The van der Waals surface area contributed by atoms with Gasteiger partial charge in [-0.3, -0.25) is 0 Å². The average molecular weight is 223 g/mol. The number of aryl methyl sites for hydroxylation is 1. The third kappa shape index (κ3) is 2.01. The van der Waals surface area contributed by atoms with Crippen molar-refractivity contribution in [3.63, 3.8) is 0 Å². The molecule has 1 saturated carbocycles. The van der Waals surface area contributed by atoms with Crippen molar-refractivity contribution in [3.05, 3.63) is 29.1 Å². The highest BCUT2D eigenvalue weighted by Crippen LogP contribution is 2.25. The van der Waals surface area contributed by atoms with Gasteiger partial charge >= 0.3 is 5.97 Å².